The molecule has 0 aromatic heterocycles. The highest BCUT2D eigenvalue weighted by molar-refractivity contribution is 5.97. The number of carboxylic acids is 1. The summed E-state index contributed by atoms with van der Waals surface area (Å²) < 4.78 is 0. The van der Waals surface area contributed by atoms with Gasteiger partial charge in [-0.2, -0.15) is 0 Å². The van der Waals surface area contributed by atoms with Gasteiger partial charge in [0.05, 0.1) is 0 Å². The Morgan fingerprint density at radius 2 is 1.62 bits per heavy atom. The molecule has 0 saturated carbocycles. The second-order valence-electron chi connectivity index (χ2n) is 4.27. The van der Waals surface area contributed by atoms with E-state index in [9.17, 15) is 25.2 Å². The normalized spacial score (nSPS) is 11.3. The van der Waals surface area contributed by atoms with Crippen LogP contribution in [0.1, 0.15) is 11.1 Å². The highest BCUT2D eigenvalue weighted by Gasteiger charge is 2.15. The number of benzene rings is 2. The van der Waals surface area contributed by atoms with E-state index in [-0.39, 0.29) is 22.4 Å². The van der Waals surface area contributed by atoms with Gasteiger partial charge in [0.15, 0.2) is 23.0 Å². The Balaban J connectivity index is 2.67. The SMILES string of the molecule is O=C(O)/C=C(\c1ccc(O)c(O)c1)c1cccc(O)c1O. The van der Waals surface area contributed by atoms with E-state index >= 15 is 0 Å². The molecule has 0 unspecified atom stereocenters. The van der Waals surface area contributed by atoms with Crippen LogP contribution in [0.2, 0.25) is 0 Å². The molecule has 21 heavy (non-hydrogen) atoms. The van der Waals surface area contributed by atoms with Gasteiger partial charge in [0, 0.05) is 17.2 Å². The Bertz CT molecular complexity index is 733. The molecule has 6 nitrogen and oxygen atoms in total. The van der Waals surface area contributed by atoms with E-state index in [2.05, 4.69) is 0 Å². The molecule has 0 spiro atoms. The molecule has 0 bridgehead atoms. The van der Waals surface area contributed by atoms with E-state index in [1.807, 2.05) is 0 Å². The zero-order valence-electron chi connectivity index (χ0n) is 10.7. The van der Waals surface area contributed by atoms with Gasteiger partial charge in [-0.25, -0.2) is 4.79 Å². The molecule has 0 radical (unpaired) electrons. The number of aromatic hydroxyl groups is 4. The van der Waals surface area contributed by atoms with Crippen molar-refractivity contribution >= 4 is 11.5 Å². The van der Waals surface area contributed by atoms with Crippen LogP contribution in [-0.4, -0.2) is 31.5 Å². The first-order valence-electron chi connectivity index (χ1n) is 5.88. The van der Waals surface area contributed by atoms with E-state index in [1.165, 1.54) is 30.3 Å². The van der Waals surface area contributed by atoms with Gasteiger partial charge in [0.25, 0.3) is 0 Å². The highest BCUT2D eigenvalue weighted by Crippen LogP contribution is 2.38. The fraction of sp³-hybridized carbons (Fsp3) is 0. The minimum atomic E-state index is -1.26. The maximum atomic E-state index is 11.0. The van der Waals surface area contributed by atoms with E-state index < -0.39 is 23.2 Å². The minimum absolute atomic E-state index is 0.0752. The van der Waals surface area contributed by atoms with Gasteiger partial charge in [0.1, 0.15) is 0 Å². The summed E-state index contributed by atoms with van der Waals surface area (Å²) in [6, 6.07) is 7.86. The van der Waals surface area contributed by atoms with Gasteiger partial charge in [-0.1, -0.05) is 18.2 Å². The second-order valence-corrected chi connectivity index (χ2v) is 4.27. The quantitative estimate of drug-likeness (QED) is 0.435. The predicted molar refractivity (Wildman–Crippen MR) is 74.3 cm³/mol. The number of hydrogen-bond donors (Lipinski definition) is 5. The van der Waals surface area contributed by atoms with E-state index in [1.54, 1.807) is 0 Å². The van der Waals surface area contributed by atoms with Crippen LogP contribution in [0.25, 0.3) is 5.57 Å². The summed E-state index contributed by atoms with van der Waals surface area (Å²) in [6.07, 6.45) is 0.834. The third-order valence-corrected chi connectivity index (χ3v) is 2.86. The van der Waals surface area contributed by atoms with Crippen molar-refractivity contribution in [3.63, 3.8) is 0 Å². The summed E-state index contributed by atoms with van der Waals surface area (Å²) in [5.74, 6) is -2.92. The van der Waals surface area contributed by atoms with Crippen LogP contribution in [0.15, 0.2) is 42.5 Å². The molecule has 0 atom stereocenters. The van der Waals surface area contributed by atoms with Crippen molar-refractivity contribution in [3.05, 3.63) is 53.6 Å². The van der Waals surface area contributed by atoms with Crippen LogP contribution in [0.5, 0.6) is 23.0 Å². The number of hydrogen-bond acceptors (Lipinski definition) is 5. The molecule has 0 fully saturated rings. The van der Waals surface area contributed by atoms with Crippen molar-refractivity contribution in [1.82, 2.24) is 0 Å². The average molecular weight is 288 g/mol. The Morgan fingerprint density at radius 1 is 0.905 bits per heavy atom. The number of phenols is 4. The lowest BCUT2D eigenvalue weighted by molar-refractivity contribution is -0.131. The average Bonchev–Trinajstić information content (AvgIpc) is 2.42. The Kier molecular flexibility index (Phi) is 3.71. The predicted octanol–water partition coefficient (Wildman–Crippen LogP) is 2.03. The molecular weight excluding hydrogens is 276 g/mol. The van der Waals surface area contributed by atoms with Crippen molar-refractivity contribution in [2.24, 2.45) is 0 Å². The van der Waals surface area contributed by atoms with Crippen LogP contribution in [0.3, 0.4) is 0 Å². The summed E-state index contributed by atoms with van der Waals surface area (Å²) in [5.41, 5.74) is 0.419. The molecule has 0 heterocycles. The number of rotatable bonds is 3. The van der Waals surface area contributed by atoms with Gasteiger partial charge >= 0.3 is 5.97 Å². The summed E-state index contributed by atoms with van der Waals surface area (Å²) in [4.78, 5) is 11.0. The number of para-hydroxylation sites is 1. The number of aliphatic carboxylic acids is 1. The smallest absolute Gasteiger partial charge is 0.328 e. The summed E-state index contributed by atoms with van der Waals surface area (Å²) >= 11 is 0. The molecule has 5 N–H and O–H groups in total. The standard InChI is InChI=1S/C15H12O6/c16-11-5-4-8(6-13(11)18)10(7-14(19)20)9-2-1-3-12(17)15(9)21/h1-7,16-18,21H,(H,19,20)/b10-7+. The van der Waals surface area contributed by atoms with Crippen molar-refractivity contribution < 1.29 is 30.3 Å². The van der Waals surface area contributed by atoms with Crippen LogP contribution >= 0.6 is 0 Å². The van der Waals surface area contributed by atoms with E-state index in [0.717, 1.165) is 12.1 Å². The third-order valence-electron chi connectivity index (χ3n) is 2.86. The molecule has 2 aromatic carbocycles. The molecule has 0 saturated heterocycles. The lowest BCUT2D eigenvalue weighted by Crippen LogP contribution is -1.95. The van der Waals surface area contributed by atoms with Crippen LogP contribution in [-0.2, 0) is 4.79 Å². The van der Waals surface area contributed by atoms with Crippen LogP contribution in [0.4, 0.5) is 0 Å². The van der Waals surface area contributed by atoms with Crippen molar-refractivity contribution in [2.75, 3.05) is 0 Å². The first-order chi connectivity index (χ1) is 9.90. The minimum Gasteiger partial charge on any atom is -0.504 e. The number of phenolic OH excluding ortho intramolecular Hbond substituents is 4. The van der Waals surface area contributed by atoms with E-state index in [0.29, 0.717) is 0 Å². The number of carboxylic acid groups (broad SMARTS) is 1. The first-order valence-corrected chi connectivity index (χ1v) is 5.88. The molecule has 2 aromatic rings. The van der Waals surface area contributed by atoms with Crippen LogP contribution < -0.4 is 0 Å². The maximum absolute atomic E-state index is 11.0. The maximum Gasteiger partial charge on any atom is 0.328 e. The van der Waals surface area contributed by atoms with Gasteiger partial charge < -0.3 is 25.5 Å². The molecule has 0 aliphatic rings. The Hall–Kier alpha value is -3.15. The second kappa shape index (κ2) is 5.46. The highest BCUT2D eigenvalue weighted by atomic mass is 16.4. The Morgan fingerprint density at radius 3 is 2.24 bits per heavy atom. The van der Waals surface area contributed by atoms with Gasteiger partial charge in [-0.3, -0.25) is 0 Å². The molecule has 108 valence electrons. The fourth-order valence-corrected chi connectivity index (χ4v) is 1.88. The molecular formula is C15H12O6. The van der Waals surface area contributed by atoms with Crippen LogP contribution in [0, 0.1) is 0 Å². The lowest BCUT2D eigenvalue weighted by atomic mass is 9.96. The molecule has 0 aliphatic heterocycles. The van der Waals surface area contributed by atoms with E-state index in [4.69, 9.17) is 5.11 Å². The van der Waals surface area contributed by atoms with Crippen molar-refractivity contribution in [2.45, 2.75) is 0 Å². The van der Waals surface area contributed by atoms with Gasteiger partial charge in [0.2, 0.25) is 0 Å². The van der Waals surface area contributed by atoms with Gasteiger partial charge in [-0.15, -0.1) is 0 Å². The molecule has 2 rings (SSSR count). The largest absolute Gasteiger partial charge is 0.504 e. The fourth-order valence-electron chi connectivity index (χ4n) is 1.88. The molecule has 0 aliphatic carbocycles. The monoisotopic (exact) mass is 288 g/mol. The van der Waals surface area contributed by atoms with Crippen molar-refractivity contribution in [1.29, 1.82) is 0 Å². The van der Waals surface area contributed by atoms with Gasteiger partial charge in [-0.05, 0) is 23.8 Å². The topological polar surface area (TPSA) is 118 Å². The summed E-state index contributed by atoms with van der Waals surface area (Å²) in [5, 5.41) is 47.2. The zero-order valence-corrected chi connectivity index (χ0v) is 10.7. The molecule has 0 amide bonds. The summed E-state index contributed by atoms with van der Waals surface area (Å²) in [6.45, 7) is 0. The Labute approximate surface area is 119 Å². The van der Waals surface area contributed by atoms with Crippen molar-refractivity contribution in [3.8, 4) is 23.0 Å². The third kappa shape index (κ3) is 2.89. The lowest BCUT2D eigenvalue weighted by Gasteiger charge is -2.11. The molecule has 6 heteroatoms. The zero-order chi connectivity index (χ0) is 15.6. The summed E-state index contributed by atoms with van der Waals surface area (Å²) in [7, 11) is 0. The first kappa shape index (κ1) is 14.3. The number of carbonyl (C=O) groups is 1.